The van der Waals surface area contributed by atoms with E-state index < -0.39 is 68.6 Å². The average Bonchev–Trinajstić information content (AvgIpc) is 2.77. The first-order valence-corrected chi connectivity index (χ1v) is 12.3. The van der Waals surface area contributed by atoms with Crippen molar-refractivity contribution in [3.8, 4) is 0 Å². The van der Waals surface area contributed by atoms with Crippen molar-refractivity contribution >= 4 is 37.4 Å². The molecule has 2 atom stereocenters. The Kier molecular flexibility index (Phi) is 7.72. The third kappa shape index (κ3) is 5.36. The third-order valence-electron chi connectivity index (χ3n) is 4.86. The highest BCUT2D eigenvalue weighted by atomic mass is 32.2. The minimum Gasteiger partial charge on any atom is -0.468 e. The van der Waals surface area contributed by atoms with Crippen LogP contribution in [0, 0.1) is 20.2 Å². The van der Waals surface area contributed by atoms with Crippen molar-refractivity contribution < 1.29 is 36.2 Å². The first-order chi connectivity index (χ1) is 15.7. The Morgan fingerprint density at radius 2 is 1.32 bits per heavy atom. The number of nitrogens with one attached hydrogen (secondary N) is 2. The number of ether oxygens (including phenoxy) is 1. The number of nitrogens with zero attached hydrogens (tertiary/aromatic N) is 2. The van der Waals surface area contributed by atoms with Crippen LogP contribution in [0.25, 0.3) is 0 Å². The Morgan fingerprint density at radius 3 is 1.74 bits per heavy atom. The highest BCUT2D eigenvalue weighted by molar-refractivity contribution is 7.90. The van der Waals surface area contributed by atoms with E-state index in [0.29, 0.717) is 0 Å². The van der Waals surface area contributed by atoms with Crippen LogP contribution in [-0.4, -0.2) is 51.3 Å². The van der Waals surface area contributed by atoms with E-state index in [9.17, 15) is 41.9 Å². The molecule has 0 aliphatic heterocycles. The van der Waals surface area contributed by atoms with Crippen molar-refractivity contribution in [1.29, 1.82) is 0 Å². The van der Waals surface area contributed by atoms with E-state index in [-0.39, 0.29) is 0 Å². The maximum atomic E-state index is 13.0. The van der Waals surface area contributed by atoms with E-state index in [1.807, 2.05) is 9.44 Å². The van der Waals surface area contributed by atoms with Gasteiger partial charge in [0, 0.05) is 18.2 Å². The summed E-state index contributed by atoms with van der Waals surface area (Å²) in [6.07, 6.45) is 0. The quantitative estimate of drug-likeness (QED) is 0.261. The molecule has 2 aromatic rings. The predicted molar refractivity (Wildman–Crippen MR) is 117 cm³/mol. The van der Waals surface area contributed by atoms with Gasteiger partial charge in [-0.3, -0.25) is 20.2 Å². The van der Waals surface area contributed by atoms with E-state index in [1.165, 1.54) is 24.3 Å². The van der Waals surface area contributed by atoms with Gasteiger partial charge in [0.1, 0.15) is 5.54 Å². The average molecular weight is 517 g/mol. The maximum absolute atomic E-state index is 13.0. The Hall–Kier alpha value is -3.47. The summed E-state index contributed by atoms with van der Waals surface area (Å²) >= 11 is 0. The summed E-state index contributed by atoms with van der Waals surface area (Å²) in [4.78, 5) is 31.7. The number of nitro groups is 2. The van der Waals surface area contributed by atoms with Crippen LogP contribution in [0.5, 0.6) is 0 Å². The molecule has 0 aliphatic rings. The lowest BCUT2D eigenvalue weighted by Crippen LogP contribution is -2.64. The van der Waals surface area contributed by atoms with Crippen molar-refractivity contribution in [3.63, 3.8) is 0 Å². The summed E-state index contributed by atoms with van der Waals surface area (Å²) < 4.78 is 60.4. The van der Waals surface area contributed by atoms with Crippen LogP contribution in [0.15, 0.2) is 58.3 Å². The number of carbonyl (C=O) groups excluding carboxylic acids is 1. The molecule has 184 valence electrons. The first kappa shape index (κ1) is 26.8. The van der Waals surface area contributed by atoms with Crippen molar-refractivity contribution in [1.82, 2.24) is 9.44 Å². The molecule has 0 aromatic heterocycles. The zero-order valence-corrected chi connectivity index (χ0v) is 19.6. The normalized spacial score (nSPS) is 14.6. The van der Waals surface area contributed by atoms with Crippen molar-refractivity contribution in [2.75, 3.05) is 7.11 Å². The lowest BCUT2D eigenvalue weighted by molar-refractivity contribution is -0.388. The lowest BCUT2D eigenvalue weighted by Gasteiger charge is -2.33. The van der Waals surface area contributed by atoms with Gasteiger partial charge in [-0.2, -0.15) is 4.72 Å². The van der Waals surface area contributed by atoms with Crippen molar-refractivity contribution in [3.05, 3.63) is 68.8 Å². The molecule has 0 amide bonds. The minimum atomic E-state index is -4.77. The van der Waals surface area contributed by atoms with Gasteiger partial charge >= 0.3 is 5.97 Å². The molecule has 2 N–H and O–H groups in total. The number of nitro benzene ring substituents is 2. The van der Waals surface area contributed by atoms with Crippen molar-refractivity contribution in [2.45, 2.75) is 35.2 Å². The van der Waals surface area contributed by atoms with Crippen LogP contribution < -0.4 is 9.44 Å². The number of para-hydroxylation sites is 2. The number of hydrogen-bond donors (Lipinski definition) is 2. The zero-order valence-electron chi connectivity index (χ0n) is 18.0. The highest BCUT2D eigenvalue weighted by Crippen LogP contribution is 2.27. The number of rotatable bonds is 10. The molecule has 0 bridgehead atoms. The number of hydrogen-bond acceptors (Lipinski definition) is 10. The molecule has 0 saturated carbocycles. The summed E-state index contributed by atoms with van der Waals surface area (Å²) in [6.45, 7) is 2.11. The minimum absolute atomic E-state index is 0.722. The number of carbonyl (C=O) groups is 1. The van der Waals surface area contributed by atoms with Gasteiger partial charge in [0.05, 0.1) is 17.0 Å². The third-order valence-corrected chi connectivity index (χ3v) is 8.06. The monoisotopic (exact) mass is 516 g/mol. The van der Waals surface area contributed by atoms with Gasteiger partial charge in [-0.05, 0) is 26.0 Å². The molecular formula is C18H20N4O10S2. The van der Waals surface area contributed by atoms with Gasteiger partial charge in [-0.1, -0.05) is 24.3 Å². The number of sulfonamides is 2. The second-order valence-electron chi connectivity index (χ2n) is 7.09. The summed E-state index contributed by atoms with van der Waals surface area (Å²) in [6, 6.07) is 7.14. The molecule has 0 radical (unpaired) electrons. The molecule has 0 spiro atoms. The van der Waals surface area contributed by atoms with Crippen LogP contribution in [0.3, 0.4) is 0 Å². The van der Waals surface area contributed by atoms with Gasteiger partial charge in [0.15, 0.2) is 9.79 Å². The van der Waals surface area contributed by atoms with E-state index in [0.717, 1.165) is 45.2 Å². The molecular weight excluding hydrogens is 496 g/mol. The molecule has 0 aliphatic carbocycles. The van der Waals surface area contributed by atoms with Crippen LogP contribution in [0.1, 0.15) is 13.8 Å². The van der Waals surface area contributed by atoms with Crippen LogP contribution in [0.4, 0.5) is 11.4 Å². The number of benzene rings is 2. The lowest BCUT2D eigenvalue weighted by atomic mass is 9.96. The fourth-order valence-corrected chi connectivity index (χ4v) is 6.05. The van der Waals surface area contributed by atoms with Gasteiger partial charge in [0.25, 0.3) is 11.4 Å². The topological polar surface area (TPSA) is 205 Å². The molecule has 0 unspecified atom stereocenters. The van der Waals surface area contributed by atoms with E-state index in [4.69, 9.17) is 0 Å². The summed E-state index contributed by atoms with van der Waals surface area (Å²) in [5.41, 5.74) is -3.86. The van der Waals surface area contributed by atoms with E-state index >= 15 is 0 Å². The van der Waals surface area contributed by atoms with E-state index in [2.05, 4.69) is 4.74 Å². The molecule has 14 nitrogen and oxygen atoms in total. The zero-order chi connectivity index (χ0) is 25.9. The fraction of sp³-hybridized carbons (Fsp3) is 0.278. The van der Waals surface area contributed by atoms with Crippen LogP contribution >= 0.6 is 0 Å². The first-order valence-electron chi connectivity index (χ1n) is 9.29. The molecule has 2 aromatic carbocycles. The second kappa shape index (κ2) is 9.80. The number of esters is 1. The summed E-state index contributed by atoms with van der Waals surface area (Å²) in [5.74, 6) is -1.23. The Labute approximate surface area is 194 Å². The molecule has 16 heteroatoms. The largest absolute Gasteiger partial charge is 0.468 e. The summed E-state index contributed by atoms with van der Waals surface area (Å²) in [5, 5.41) is 22.5. The molecule has 34 heavy (non-hydrogen) atoms. The maximum Gasteiger partial charge on any atom is 0.328 e. The second-order valence-corrected chi connectivity index (χ2v) is 10.4. The number of methoxy groups -OCH3 is 1. The standard InChI is InChI=1S/C18H20N4O10S2/c1-12(19-33(28,29)15-10-6-4-8-13(15)21(24)25)18(2,17(23)32-3)20-34(30,31)16-11-7-5-9-14(16)22(26)27/h4-12,19-20H,1-3H3/t12-,18-/m1/s1. The van der Waals surface area contributed by atoms with Gasteiger partial charge in [-0.15, -0.1) is 0 Å². The van der Waals surface area contributed by atoms with Gasteiger partial charge in [-0.25, -0.2) is 26.4 Å². The Bertz CT molecular complexity index is 1340. The van der Waals surface area contributed by atoms with Gasteiger partial charge in [0.2, 0.25) is 20.0 Å². The smallest absolute Gasteiger partial charge is 0.328 e. The van der Waals surface area contributed by atoms with E-state index in [1.54, 1.807) is 0 Å². The molecule has 0 fully saturated rings. The predicted octanol–water partition coefficient (Wildman–Crippen LogP) is 1.08. The molecule has 0 heterocycles. The summed E-state index contributed by atoms with van der Waals surface area (Å²) in [7, 11) is -8.50. The fourth-order valence-electron chi connectivity index (χ4n) is 2.94. The SMILES string of the molecule is COC(=O)[C@](C)(NS(=O)(=O)c1ccccc1[N+](=O)[O-])[C@@H](C)NS(=O)(=O)c1ccccc1[N+](=O)[O-]. The van der Waals surface area contributed by atoms with Crippen LogP contribution in [-0.2, 0) is 29.6 Å². The molecule has 0 saturated heterocycles. The Balaban J connectivity index is 2.53. The molecule has 2 rings (SSSR count). The van der Waals surface area contributed by atoms with Crippen LogP contribution in [0.2, 0.25) is 0 Å². The van der Waals surface area contributed by atoms with Gasteiger partial charge < -0.3 is 4.74 Å². The van der Waals surface area contributed by atoms with Crippen molar-refractivity contribution in [2.24, 2.45) is 0 Å². The highest BCUT2D eigenvalue weighted by Gasteiger charge is 2.47. The Morgan fingerprint density at radius 1 is 0.912 bits per heavy atom.